The van der Waals surface area contributed by atoms with E-state index in [-0.39, 0.29) is 5.76 Å². The summed E-state index contributed by atoms with van der Waals surface area (Å²) in [6, 6.07) is 5.70. The molecule has 4 aromatic rings. The van der Waals surface area contributed by atoms with Crippen molar-refractivity contribution in [3.8, 4) is 22.6 Å². The van der Waals surface area contributed by atoms with Crippen molar-refractivity contribution in [2.24, 2.45) is 0 Å². The number of pyridine rings is 2. The molecule has 4 aromatic heterocycles. The fourth-order valence-corrected chi connectivity index (χ4v) is 3.35. The van der Waals surface area contributed by atoms with Crippen LogP contribution in [0.2, 0.25) is 0 Å². The number of nitrogens with zero attached hydrogens (tertiary/aromatic N) is 4. The molecule has 0 spiro atoms. The Morgan fingerprint density at radius 3 is 2.81 bits per heavy atom. The van der Waals surface area contributed by atoms with Crippen LogP contribution < -0.4 is 5.32 Å². The highest BCUT2D eigenvalue weighted by Gasteiger charge is 2.21. The maximum atomic E-state index is 12.7. The number of hydrogen-bond donors (Lipinski definition) is 1. The zero-order chi connectivity index (χ0) is 18.8. The average Bonchev–Trinajstić information content (AvgIpc) is 3.32. The van der Waals surface area contributed by atoms with Gasteiger partial charge < -0.3 is 4.42 Å². The zero-order valence-electron chi connectivity index (χ0n) is 14.6. The number of oxazole rings is 1. The van der Waals surface area contributed by atoms with Gasteiger partial charge in [-0.15, -0.1) is 11.3 Å². The first-order valence-electron chi connectivity index (χ1n) is 8.17. The van der Waals surface area contributed by atoms with Crippen molar-refractivity contribution in [3.63, 3.8) is 0 Å². The highest BCUT2D eigenvalue weighted by molar-refractivity contribution is 7.14. The molecule has 0 aliphatic carbocycles. The summed E-state index contributed by atoms with van der Waals surface area (Å²) in [6.45, 7) is 3.90. The molecule has 0 saturated carbocycles. The third-order valence-electron chi connectivity index (χ3n) is 4.04. The molecule has 0 radical (unpaired) electrons. The number of carbonyl (C=O) groups excluding carboxylic acids is 1. The van der Waals surface area contributed by atoms with E-state index < -0.39 is 5.91 Å². The van der Waals surface area contributed by atoms with E-state index in [4.69, 9.17) is 4.42 Å². The molecule has 0 aliphatic heterocycles. The zero-order valence-corrected chi connectivity index (χ0v) is 15.4. The van der Waals surface area contributed by atoms with Crippen molar-refractivity contribution in [1.29, 1.82) is 0 Å². The summed E-state index contributed by atoms with van der Waals surface area (Å²) >= 11 is 1.33. The van der Waals surface area contributed by atoms with Crippen molar-refractivity contribution < 1.29 is 9.21 Å². The lowest BCUT2D eigenvalue weighted by Gasteiger charge is -2.04. The molecule has 27 heavy (non-hydrogen) atoms. The van der Waals surface area contributed by atoms with Crippen LogP contribution in [0.3, 0.4) is 0 Å². The first-order valence-corrected chi connectivity index (χ1v) is 9.05. The molecule has 0 aromatic carbocycles. The number of thiazole rings is 1. The van der Waals surface area contributed by atoms with Gasteiger partial charge in [-0.2, -0.15) is 0 Å². The van der Waals surface area contributed by atoms with E-state index in [0.29, 0.717) is 16.5 Å². The average molecular weight is 377 g/mol. The van der Waals surface area contributed by atoms with E-state index in [0.717, 1.165) is 22.4 Å². The fourth-order valence-electron chi connectivity index (χ4n) is 2.66. The van der Waals surface area contributed by atoms with Crippen molar-refractivity contribution in [3.05, 3.63) is 65.5 Å². The van der Waals surface area contributed by atoms with E-state index in [2.05, 4.69) is 25.3 Å². The molecule has 4 heterocycles. The molecule has 0 aliphatic rings. The van der Waals surface area contributed by atoms with Gasteiger partial charge in [0.15, 0.2) is 11.5 Å². The van der Waals surface area contributed by atoms with Gasteiger partial charge >= 0.3 is 0 Å². The Balaban J connectivity index is 1.59. The van der Waals surface area contributed by atoms with Gasteiger partial charge in [-0.05, 0) is 37.1 Å². The molecule has 0 unspecified atom stereocenters. The largest absolute Gasteiger partial charge is 0.438 e. The standard InChI is InChI=1S/C19H15N5O2S/c1-11-5-7-20-8-13(11)16-17(26-10-22-16)18(25)24-19-23-14(9-27-19)15-12(2)4-3-6-21-15/h3-10H,1-2H3,(H,23,24,25). The topological polar surface area (TPSA) is 93.8 Å². The SMILES string of the molecule is Cc1ccncc1-c1ncoc1C(=O)Nc1nc(-c2ncccc2C)cs1. The van der Waals surface area contributed by atoms with Crippen molar-refractivity contribution in [2.75, 3.05) is 5.32 Å². The molecule has 0 saturated heterocycles. The van der Waals surface area contributed by atoms with Gasteiger partial charge in [0.25, 0.3) is 5.91 Å². The highest BCUT2D eigenvalue weighted by atomic mass is 32.1. The molecule has 0 bridgehead atoms. The maximum Gasteiger partial charge on any atom is 0.295 e. The van der Waals surface area contributed by atoms with Crippen LogP contribution in [0, 0.1) is 13.8 Å². The molecule has 8 heteroatoms. The monoisotopic (exact) mass is 377 g/mol. The number of aryl methyl sites for hydroxylation is 2. The van der Waals surface area contributed by atoms with Gasteiger partial charge in [-0.1, -0.05) is 6.07 Å². The Hall–Kier alpha value is -3.39. The highest BCUT2D eigenvalue weighted by Crippen LogP contribution is 2.28. The quantitative estimate of drug-likeness (QED) is 0.575. The maximum absolute atomic E-state index is 12.7. The fraction of sp³-hybridized carbons (Fsp3) is 0.105. The Morgan fingerprint density at radius 2 is 2.00 bits per heavy atom. The lowest BCUT2D eigenvalue weighted by molar-refractivity contribution is 0.0997. The molecule has 1 amide bonds. The van der Waals surface area contributed by atoms with Crippen molar-refractivity contribution >= 4 is 22.4 Å². The number of amides is 1. The van der Waals surface area contributed by atoms with Crippen LogP contribution in [0.5, 0.6) is 0 Å². The number of rotatable bonds is 4. The molecule has 134 valence electrons. The smallest absolute Gasteiger partial charge is 0.295 e. The number of carbonyl (C=O) groups is 1. The Kier molecular flexibility index (Phi) is 4.47. The summed E-state index contributed by atoms with van der Waals surface area (Å²) in [6.07, 6.45) is 6.32. The summed E-state index contributed by atoms with van der Waals surface area (Å²) in [5.74, 6) is -0.290. The summed E-state index contributed by atoms with van der Waals surface area (Å²) < 4.78 is 5.33. The third-order valence-corrected chi connectivity index (χ3v) is 4.80. The summed E-state index contributed by atoms with van der Waals surface area (Å²) in [7, 11) is 0. The van der Waals surface area contributed by atoms with Crippen LogP contribution in [0.1, 0.15) is 21.7 Å². The van der Waals surface area contributed by atoms with Crippen LogP contribution in [-0.4, -0.2) is 25.8 Å². The minimum atomic E-state index is -0.413. The van der Waals surface area contributed by atoms with E-state index in [9.17, 15) is 4.79 Å². The van der Waals surface area contributed by atoms with E-state index in [1.165, 1.54) is 17.7 Å². The van der Waals surface area contributed by atoms with Crippen LogP contribution in [-0.2, 0) is 0 Å². The van der Waals surface area contributed by atoms with Gasteiger partial charge in [0.1, 0.15) is 11.4 Å². The molecule has 0 fully saturated rings. The predicted octanol–water partition coefficient (Wildman–Crippen LogP) is 4.12. The minimum Gasteiger partial charge on any atom is -0.438 e. The van der Waals surface area contributed by atoms with Crippen LogP contribution in [0.25, 0.3) is 22.6 Å². The molecule has 7 nitrogen and oxygen atoms in total. The first-order chi connectivity index (χ1) is 13.1. The van der Waals surface area contributed by atoms with Crippen LogP contribution in [0.15, 0.2) is 53.0 Å². The van der Waals surface area contributed by atoms with E-state index >= 15 is 0 Å². The van der Waals surface area contributed by atoms with Crippen LogP contribution in [0.4, 0.5) is 5.13 Å². The lowest BCUT2D eigenvalue weighted by atomic mass is 10.1. The van der Waals surface area contributed by atoms with Crippen LogP contribution >= 0.6 is 11.3 Å². The predicted molar refractivity (Wildman–Crippen MR) is 103 cm³/mol. The molecule has 4 rings (SSSR count). The third kappa shape index (κ3) is 3.34. The number of aromatic nitrogens is 4. The van der Waals surface area contributed by atoms with Gasteiger partial charge in [-0.3, -0.25) is 20.1 Å². The number of nitrogens with one attached hydrogen (secondary N) is 1. The van der Waals surface area contributed by atoms with E-state index in [1.54, 1.807) is 18.6 Å². The van der Waals surface area contributed by atoms with Gasteiger partial charge in [0.05, 0.1) is 5.69 Å². The second-order valence-corrected chi connectivity index (χ2v) is 6.74. The Morgan fingerprint density at radius 1 is 1.11 bits per heavy atom. The molecular weight excluding hydrogens is 362 g/mol. The second kappa shape index (κ2) is 7.08. The van der Waals surface area contributed by atoms with Gasteiger partial charge in [0, 0.05) is 29.5 Å². The molecule has 1 N–H and O–H groups in total. The van der Waals surface area contributed by atoms with Crippen molar-refractivity contribution in [2.45, 2.75) is 13.8 Å². The lowest BCUT2D eigenvalue weighted by Crippen LogP contribution is -2.12. The van der Waals surface area contributed by atoms with Gasteiger partial charge in [-0.25, -0.2) is 9.97 Å². The Bertz CT molecular complexity index is 1120. The van der Waals surface area contributed by atoms with Gasteiger partial charge in [0.2, 0.25) is 5.76 Å². The normalized spacial score (nSPS) is 10.7. The molecule has 0 atom stereocenters. The summed E-state index contributed by atoms with van der Waals surface area (Å²) in [4.78, 5) is 29.8. The summed E-state index contributed by atoms with van der Waals surface area (Å²) in [5.41, 5.74) is 4.69. The number of anilines is 1. The Labute approximate surface area is 159 Å². The minimum absolute atomic E-state index is 0.122. The second-order valence-electron chi connectivity index (χ2n) is 5.88. The molecular formula is C19H15N5O2S. The number of hydrogen-bond acceptors (Lipinski definition) is 7. The summed E-state index contributed by atoms with van der Waals surface area (Å²) in [5, 5.41) is 5.09. The van der Waals surface area contributed by atoms with Crippen molar-refractivity contribution in [1.82, 2.24) is 19.9 Å². The van der Waals surface area contributed by atoms with E-state index in [1.807, 2.05) is 37.4 Å². The first kappa shape index (κ1) is 17.0.